The lowest BCUT2D eigenvalue weighted by Gasteiger charge is -2.38. The van der Waals surface area contributed by atoms with Crippen molar-refractivity contribution in [2.45, 2.75) is 83.0 Å². The van der Waals surface area contributed by atoms with Crippen molar-refractivity contribution in [3.05, 3.63) is 0 Å². The van der Waals surface area contributed by atoms with Crippen LogP contribution in [0.25, 0.3) is 0 Å². The summed E-state index contributed by atoms with van der Waals surface area (Å²) >= 11 is 0. The Labute approximate surface area is 112 Å². The summed E-state index contributed by atoms with van der Waals surface area (Å²) in [4.78, 5) is 0. The zero-order chi connectivity index (χ0) is 14.0. The van der Waals surface area contributed by atoms with E-state index in [0.717, 1.165) is 0 Å². The lowest BCUT2D eigenvalue weighted by atomic mass is 9.96. The average Bonchev–Trinajstić information content (AvgIpc) is 2.70. The van der Waals surface area contributed by atoms with E-state index in [1.807, 2.05) is 27.7 Å². The van der Waals surface area contributed by atoms with E-state index in [9.17, 15) is 5.11 Å². The Hall–Kier alpha value is -0.240. The summed E-state index contributed by atoms with van der Waals surface area (Å²) < 4.78 is 29.2. The van der Waals surface area contributed by atoms with Crippen molar-refractivity contribution in [2.75, 3.05) is 0 Å². The monoisotopic (exact) mass is 274 g/mol. The van der Waals surface area contributed by atoms with Gasteiger partial charge in [0.2, 0.25) is 0 Å². The van der Waals surface area contributed by atoms with Crippen LogP contribution in [0.5, 0.6) is 0 Å². The number of rotatable bonds is 1. The molecule has 2 unspecified atom stereocenters. The first-order valence-corrected chi connectivity index (χ1v) is 6.73. The van der Waals surface area contributed by atoms with E-state index >= 15 is 0 Å². The second-order valence-corrected chi connectivity index (χ2v) is 6.37. The van der Waals surface area contributed by atoms with Crippen LogP contribution in [0.2, 0.25) is 0 Å². The zero-order valence-electron chi connectivity index (χ0n) is 12.0. The van der Waals surface area contributed by atoms with E-state index in [4.69, 9.17) is 23.7 Å². The fraction of sp³-hybridized carbons (Fsp3) is 1.00. The molecule has 19 heavy (non-hydrogen) atoms. The highest BCUT2D eigenvalue weighted by Gasteiger charge is 2.61. The van der Waals surface area contributed by atoms with Crippen molar-refractivity contribution in [2.24, 2.45) is 0 Å². The summed E-state index contributed by atoms with van der Waals surface area (Å²) in [5, 5.41) is 9.89. The van der Waals surface area contributed by atoms with Gasteiger partial charge in [-0.15, -0.1) is 0 Å². The van der Waals surface area contributed by atoms with Gasteiger partial charge in [-0.3, -0.25) is 0 Å². The number of hydrogen-bond acceptors (Lipinski definition) is 6. The van der Waals surface area contributed by atoms with Crippen molar-refractivity contribution in [3.63, 3.8) is 0 Å². The molecule has 3 rings (SSSR count). The summed E-state index contributed by atoms with van der Waals surface area (Å²) in [6, 6.07) is 0. The maximum atomic E-state index is 9.89. The first kappa shape index (κ1) is 13.7. The standard InChI is InChI=1S/C13H22O6/c1-6(14)7-8-9(17-12(2,3)16-8)10-11(15-7)19-13(4,5)18-10/h6-11,14H,1-5H3/t6-,7+,8-,9?,10+,11?/m1/s1. The molecule has 0 saturated carbocycles. The van der Waals surface area contributed by atoms with Gasteiger partial charge < -0.3 is 28.8 Å². The first-order chi connectivity index (χ1) is 8.69. The smallest absolute Gasteiger partial charge is 0.190 e. The third-order valence-corrected chi connectivity index (χ3v) is 3.67. The summed E-state index contributed by atoms with van der Waals surface area (Å²) in [7, 11) is 0. The van der Waals surface area contributed by atoms with Gasteiger partial charge in [-0.2, -0.15) is 0 Å². The SMILES string of the molecule is C[C@@H](O)[C@@H]1OC2OC(C)(C)O[C@H]2C2OC(C)(C)O[C@@H]21. The van der Waals surface area contributed by atoms with E-state index in [2.05, 4.69) is 0 Å². The van der Waals surface area contributed by atoms with Crippen LogP contribution in [0.15, 0.2) is 0 Å². The Morgan fingerprint density at radius 2 is 1.37 bits per heavy atom. The lowest BCUT2D eigenvalue weighted by molar-refractivity contribution is -0.250. The number of hydrogen-bond donors (Lipinski definition) is 1. The molecular formula is C13H22O6. The molecule has 6 nitrogen and oxygen atoms in total. The van der Waals surface area contributed by atoms with E-state index in [0.29, 0.717) is 0 Å². The summed E-state index contributed by atoms with van der Waals surface area (Å²) in [5.74, 6) is -1.43. The normalized spacial score (nSPS) is 48.6. The van der Waals surface area contributed by atoms with Crippen molar-refractivity contribution in [1.29, 1.82) is 0 Å². The Kier molecular flexibility index (Phi) is 2.98. The Morgan fingerprint density at radius 1 is 0.842 bits per heavy atom. The Balaban J connectivity index is 1.89. The topological polar surface area (TPSA) is 66.4 Å². The highest BCUT2D eigenvalue weighted by Crippen LogP contribution is 2.44. The molecule has 6 atom stereocenters. The molecule has 3 aliphatic rings. The van der Waals surface area contributed by atoms with Crippen molar-refractivity contribution in [3.8, 4) is 0 Å². The van der Waals surface area contributed by atoms with Crippen molar-refractivity contribution in [1.82, 2.24) is 0 Å². The predicted octanol–water partition coefficient (Wildman–Crippen LogP) is 0.764. The Morgan fingerprint density at radius 3 is 2.00 bits per heavy atom. The molecule has 0 aromatic carbocycles. The fourth-order valence-corrected chi connectivity index (χ4v) is 3.03. The van der Waals surface area contributed by atoms with Crippen LogP contribution in [0.4, 0.5) is 0 Å². The van der Waals surface area contributed by atoms with Gasteiger partial charge in [-0.1, -0.05) is 0 Å². The molecule has 0 bridgehead atoms. The minimum atomic E-state index is -0.719. The predicted molar refractivity (Wildman–Crippen MR) is 64.2 cm³/mol. The van der Waals surface area contributed by atoms with Crippen LogP contribution in [-0.4, -0.2) is 53.5 Å². The Bertz CT molecular complexity index is 366. The van der Waals surface area contributed by atoms with Gasteiger partial charge in [0.1, 0.15) is 24.4 Å². The van der Waals surface area contributed by atoms with Crippen LogP contribution < -0.4 is 0 Å². The van der Waals surface area contributed by atoms with Crippen LogP contribution in [0.1, 0.15) is 34.6 Å². The molecule has 1 N–H and O–H groups in total. The third kappa shape index (κ3) is 2.30. The second-order valence-electron chi connectivity index (χ2n) is 6.37. The highest BCUT2D eigenvalue weighted by molar-refractivity contribution is 5.01. The molecule has 0 spiro atoms. The largest absolute Gasteiger partial charge is 0.391 e. The van der Waals surface area contributed by atoms with Gasteiger partial charge in [0.25, 0.3) is 0 Å². The molecule has 3 saturated heterocycles. The number of aliphatic hydroxyl groups is 1. The van der Waals surface area contributed by atoms with Crippen LogP contribution >= 0.6 is 0 Å². The molecule has 3 heterocycles. The third-order valence-electron chi connectivity index (χ3n) is 3.67. The number of aliphatic hydroxyl groups excluding tert-OH is 1. The molecule has 6 heteroatoms. The van der Waals surface area contributed by atoms with Gasteiger partial charge in [0, 0.05) is 0 Å². The van der Waals surface area contributed by atoms with Crippen LogP contribution in [0, 0.1) is 0 Å². The lowest BCUT2D eigenvalue weighted by Crippen LogP contribution is -2.57. The molecular weight excluding hydrogens is 252 g/mol. The summed E-state index contributed by atoms with van der Waals surface area (Å²) in [6.45, 7) is 9.04. The van der Waals surface area contributed by atoms with Gasteiger partial charge in [0.05, 0.1) is 6.10 Å². The van der Waals surface area contributed by atoms with Crippen LogP contribution in [-0.2, 0) is 23.7 Å². The van der Waals surface area contributed by atoms with Gasteiger partial charge in [-0.25, -0.2) is 0 Å². The molecule has 3 fully saturated rings. The fourth-order valence-electron chi connectivity index (χ4n) is 3.03. The average molecular weight is 274 g/mol. The zero-order valence-corrected chi connectivity index (χ0v) is 12.0. The first-order valence-electron chi connectivity index (χ1n) is 6.73. The number of fused-ring (bicyclic) bond motifs is 3. The van der Waals surface area contributed by atoms with Gasteiger partial charge in [-0.05, 0) is 34.6 Å². The van der Waals surface area contributed by atoms with E-state index in [1.54, 1.807) is 6.92 Å². The second kappa shape index (κ2) is 4.13. The van der Waals surface area contributed by atoms with Gasteiger partial charge in [0.15, 0.2) is 17.9 Å². The molecule has 110 valence electrons. The summed E-state index contributed by atoms with van der Waals surface area (Å²) in [6.07, 6.45) is -2.67. The van der Waals surface area contributed by atoms with E-state index < -0.39 is 30.1 Å². The van der Waals surface area contributed by atoms with E-state index in [-0.39, 0.29) is 18.3 Å². The highest BCUT2D eigenvalue weighted by atomic mass is 16.9. The molecule has 0 aromatic rings. The molecule has 3 aliphatic heterocycles. The quantitative estimate of drug-likeness (QED) is 0.761. The minimum absolute atomic E-state index is 0.296. The van der Waals surface area contributed by atoms with Crippen LogP contribution in [0.3, 0.4) is 0 Å². The number of ether oxygens (including phenoxy) is 5. The molecule has 0 amide bonds. The molecule has 0 aliphatic carbocycles. The maximum absolute atomic E-state index is 9.89. The van der Waals surface area contributed by atoms with Crippen molar-refractivity contribution < 1.29 is 28.8 Å². The van der Waals surface area contributed by atoms with Crippen molar-refractivity contribution >= 4 is 0 Å². The van der Waals surface area contributed by atoms with E-state index in [1.165, 1.54) is 0 Å². The maximum Gasteiger partial charge on any atom is 0.190 e. The minimum Gasteiger partial charge on any atom is -0.391 e. The summed E-state index contributed by atoms with van der Waals surface area (Å²) in [5.41, 5.74) is 0. The molecule has 0 radical (unpaired) electrons. The van der Waals surface area contributed by atoms with Gasteiger partial charge >= 0.3 is 0 Å². The molecule has 0 aromatic heterocycles.